The molecular formula is C21H23N3O5. The Kier molecular flexibility index (Phi) is 6.43. The van der Waals surface area contributed by atoms with Gasteiger partial charge in [-0.05, 0) is 56.2 Å². The molecule has 8 nitrogen and oxygen atoms in total. The van der Waals surface area contributed by atoms with Gasteiger partial charge in [0.05, 0.1) is 7.11 Å². The van der Waals surface area contributed by atoms with E-state index in [0.29, 0.717) is 30.8 Å². The molecule has 8 heteroatoms. The number of nitrogens with one attached hydrogen (secondary N) is 1. The van der Waals surface area contributed by atoms with Crippen LogP contribution >= 0.6 is 0 Å². The first-order valence-corrected chi connectivity index (χ1v) is 9.37. The number of methoxy groups -OCH3 is 1. The Morgan fingerprint density at radius 1 is 1.17 bits per heavy atom. The van der Waals surface area contributed by atoms with Gasteiger partial charge in [0.15, 0.2) is 6.10 Å². The van der Waals surface area contributed by atoms with E-state index in [1.807, 2.05) is 0 Å². The number of benzene rings is 1. The van der Waals surface area contributed by atoms with E-state index in [2.05, 4.69) is 10.3 Å². The van der Waals surface area contributed by atoms with Crippen LogP contribution in [0.1, 0.15) is 30.3 Å². The highest BCUT2D eigenvalue weighted by molar-refractivity contribution is 5.97. The van der Waals surface area contributed by atoms with Crippen molar-refractivity contribution in [2.75, 3.05) is 19.0 Å². The molecule has 0 radical (unpaired) electrons. The number of hydrogen-bond acceptors (Lipinski definition) is 6. The van der Waals surface area contributed by atoms with Gasteiger partial charge in [-0.2, -0.15) is 0 Å². The monoisotopic (exact) mass is 397 g/mol. The van der Waals surface area contributed by atoms with Crippen molar-refractivity contribution in [3.63, 3.8) is 0 Å². The second-order valence-corrected chi connectivity index (χ2v) is 6.67. The first-order valence-electron chi connectivity index (χ1n) is 9.37. The molecule has 1 unspecified atom stereocenters. The third kappa shape index (κ3) is 4.90. The Bertz CT molecular complexity index is 870. The van der Waals surface area contributed by atoms with E-state index in [0.717, 1.165) is 0 Å². The van der Waals surface area contributed by atoms with Crippen molar-refractivity contribution in [2.24, 2.45) is 0 Å². The van der Waals surface area contributed by atoms with Crippen LogP contribution in [0.25, 0.3) is 0 Å². The lowest BCUT2D eigenvalue weighted by molar-refractivity contribution is -0.156. The number of carbonyl (C=O) groups excluding carboxylic acids is 3. The number of carbonyl (C=O) groups is 3. The zero-order chi connectivity index (χ0) is 20.8. The van der Waals surface area contributed by atoms with E-state index in [1.54, 1.807) is 49.6 Å². The zero-order valence-corrected chi connectivity index (χ0v) is 16.3. The predicted molar refractivity (Wildman–Crippen MR) is 105 cm³/mol. The average Bonchev–Trinajstić information content (AvgIpc) is 3.24. The zero-order valence-electron chi connectivity index (χ0n) is 16.3. The molecule has 152 valence electrons. The number of pyridine rings is 1. The molecule has 0 spiro atoms. The second kappa shape index (κ2) is 9.18. The van der Waals surface area contributed by atoms with Gasteiger partial charge in [-0.1, -0.05) is 6.07 Å². The molecule has 1 N–H and O–H groups in total. The maximum Gasteiger partial charge on any atom is 0.329 e. The van der Waals surface area contributed by atoms with Gasteiger partial charge in [0.2, 0.25) is 0 Å². The van der Waals surface area contributed by atoms with Gasteiger partial charge in [-0.3, -0.25) is 14.6 Å². The van der Waals surface area contributed by atoms with Crippen LogP contribution in [0, 0.1) is 0 Å². The number of esters is 1. The summed E-state index contributed by atoms with van der Waals surface area (Å²) in [7, 11) is 1.56. The summed E-state index contributed by atoms with van der Waals surface area (Å²) in [6.45, 7) is 1.94. The Hall–Kier alpha value is -3.42. The summed E-state index contributed by atoms with van der Waals surface area (Å²) in [6.07, 6.45) is 1.70. The maximum absolute atomic E-state index is 12.6. The molecule has 1 aliphatic rings. The highest BCUT2D eigenvalue weighted by Gasteiger charge is 2.37. The Morgan fingerprint density at radius 3 is 2.59 bits per heavy atom. The van der Waals surface area contributed by atoms with Crippen LogP contribution in [-0.2, 0) is 14.3 Å². The van der Waals surface area contributed by atoms with E-state index in [9.17, 15) is 14.4 Å². The van der Waals surface area contributed by atoms with Crippen molar-refractivity contribution < 1.29 is 23.9 Å². The summed E-state index contributed by atoms with van der Waals surface area (Å²) >= 11 is 0. The van der Waals surface area contributed by atoms with E-state index < -0.39 is 24.0 Å². The summed E-state index contributed by atoms with van der Waals surface area (Å²) in [5.41, 5.74) is 0.837. The second-order valence-electron chi connectivity index (χ2n) is 6.67. The Labute approximate surface area is 168 Å². The third-order valence-electron chi connectivity index (χ3n) is 4.69. The van der Waals surface area contributed by atoms with Crippen molar-refractivity contribution in [2.45, 2.75) is 31.9 Å². The summed E-state index contributed by atoms with van der Waals surface area (Å²) in [5.74, 6) is -0.699. The summed E-state index contributed by atoms with van der Waals surface area (Å²) < 4.78 is 10.4. The number of rotatable bonds is 6. The number of aromatic nitrogens is 1. The van der Waals surface area contributed by atoms with E-state index in [1.165, 1.54) is 18.0 Å². The highest BCUT2D eigenvalue weighted by Crippen LogP contribution is 2.21. The molecule has 1 saturated heterocycles. The normalized spacial score (nSPS) is 16.8. The molecule has 1 aromatic carbocycles. The van der Waals surface area contributed by atoms with Crippen molar-refractivity contribution in [3.05, 3.63) is 54.4 Å². The molecule has 2 atom stereocenters. The molecule has 1 aromatic heterocycles. The van der Waals surface area contributed by atoms with E-state index in [-0.39, 0.29) is 11.6 Å². The topological polar surface area (TPSA) is 97.8 Å². The number of amides is 2. The van der Waals surface area contributed by atoms with Crippen LogP contribution in [0.5, 0.6) is 5.75 Å². The minimum atomic E-state index is -1.00. The molecule has 2 amide bonds. The fourth-order valence-corrected chi connectivity index (χ4v) is 3.12. The lowest BCUT2D eigenvalue weighted by atomic mass is 10.2. The SMILES string of the molecule is COc1ccc(NC(=O)C(C)OC(=O)[C@@H]2CCCN2C(=O)c2ccccn2)cc1. The maximum atomic E-state index is 12.6. The van der Waals surface area contributed by atoms with Crippen LogP contribution in [0.15, 0.2) is 48.7 Å². The van der Waals surface area contributed by atoms with Gasteiger partial charge in [0.25, 0.3) is 11.8 Å². The van der Waals surface area contributed by atoms with Crippen molar-refractivity contribution >= 4 is 23.5 Å². The molecule has 2 aromatic rings. The minimum Gasteiger partial charge on any atom is -0.497 e. The third-order valence-corrected chi connectivity index (χ3v) is 4.69. The molecule has 0 saturated carbocycles. The van der Waals surface area contributed by atoms with Gasteiger partial charge < -0.3 is 19.7 Å². The van der Waals surface area contributed by atoms with Crippen molar-refractivity contribution in [3.8, 4) is 5.75 Å². The van der Waals surface area contributed by atoms with Crippen LogP contribution in [0.3, 0.4) is 0 Å². The highest BCUT2D eigenvalue weighted by atomic mass is 16.5. The molecule has 1 aliphatic heterocycles. The largest absolute Gasteiger partial charge is 0.497 e. The number of hydrogen-bond donors (Lipinski definition) is 1. The molecule has 1 fully saturated rings. The lowest BCUT2D eigenvalue weighted by Gasteiger charge is -2.24. The number of nitrogens with zero attached hydrogens (tertiary/aromatic N) is 2. The van der Waals surface area contributed by atoms with Crippen LogP contribution < -0.4 is 10.1 Å². The quantitative estimate of drug-likeness (QED) is 0.751. The molecule has 29 heavy (non-hydrogen) atoms. The average molecular weight is 397 g/mol. The van der Waals surface area contributed by atoms with Crippen molar-refractivity contribution in [1.29, 1.82) is 0 Å². The first kappa shape index (κ1) is 20.3. The number of likely N-dealkylation sites (tertiary alicyclic amines) is 1. The van der Waals surface area contributed by atoms with Crippen LogP contribution in [0.2, 0.25) is 0 Å². The van der Waals surface area contributed by atoms with Gasteiger partial charge in [0, 0.05) is 18.4 Å². The standard InChI is InChI=1S/C21H23N3O5/c1-14(19(25)23-15-8-10-16(28-2)11-9-15)29-21(27)18-7-5-13-24(18)20(26)17-6-3-4-12-22-17/h3-4,6,8-12,14,18H,5,7,13H2,1-2H3,(H,23,25)/t14?,18-/m0/s1. The molecule has 2 heterocycles. The van der Waals surface area contributed by atoms with Gasteiger partial charge in [-0.25, -0.2) is 4.79 Å². The smallest absolute Gasteiger partial charge is 0.329 e. The Balaban J connectivity index is 1.59. The first-order chi connectivity index (χ1) is 14.0. The van der Waals surface area contributed by atoms with E-state index >= 15 is 0 Å². The molecule has 3 rings (SSSR count). The summed E-state index contributed by atoms with van der Waals surface area (Å²) in [4.78, 5) is 43.1. The number of ether oxygens (including phenoxy) is 2. The fourth-order valence-electron chi connectivity index (χ4n) is 3.12. The fraction of sp³-hybridized carbons (Fsp3) is 0.333. The number of anilines is 1. The molecule has 0 aliphatic carbocycles. The van der Waals surface area contributed by atoms with Crippen molar-refractivity contribution in [1.82, 2.24) is 9.88 Å². The minimum absolute atomic E-state index is 0.275. The lowest BCUT2D eigenvalue weighted by Crippen LogP contribution is -2.43. The van der Waals surface area contributed by atoms with Crippen LogP contribution in [0.4, 0.5) is 5.69 Å². The molecular weight excluding hydrogens is 374 g/mol. The summed E-state index contributed by atoms with van der Waals surface area (Å²) in [6, 6.07) is 11.1. The van der Waals surface area contributed by atoms with E-state index in [4.69, 9.17) is 9.47 Å². The predicted octanol–water partition coefficient (Wildman–Crippen LogP) is 2.27. The van der Waals surface area contributed by atoms with Gasteiger partial charge in [0.1, 0.15) is 17.5 Å². The Morgan fingerprint density at radius 2 is 1.93 bits per heavy atom. The van der Waals surface area contributed by atoms with Gasteiger partial charge in [-0.15, -0.1) is 0 Å². The molecule has 0 bridgehead atoms. The van der Waals surface area contributed by atoms with Crippen LogP contribution in [-0.4, -0.2) is 53.5 Å². The van der Waals surface area contributed by atoms with Gasteiger partial charge >= 0.3 is 5.97 Å². The summed E-state index contributed by atoms with van der Waals surface area (Å²) in [5, 5.41) is 2.69.